The molecule has 1 saturated carbocycles. The number of ether oxygens (including phenoxy) is 1. The Balaban J connectivity index is 1.36. The van der Waals surface area contributed by atoms with Crippen LogP contribution in [0.2, 0.25) is 0 Å². The number of carboxylic acid groups (broad SMARTS) is 1. The molecule has 0 spiro atoms. The molecular formula is C29H37NO5S. The molecule has 2 aromatic rings. The second kappa shape index (κ2) is 12.7. The average molecular weight is 512 g/mol. The predicted molar refractivity (Wildman–Crippen MR) is 142 cm³/mol. The maximum atomic E-state index is 11.9. The van der Waals surface area contributed by atoms with Crippen LogP contribution in [0.15, 0.2) is 66.7 Å². The molecule has 7 heteroatoms. The van der Waals surface area contributed by atoms with Gasteiger partial charge in [-0.3, -0.25) is 9.69 Å². The molecule has 1 aliphatic heterocycles. The van der Waals surface area contributed by atoms with Gasteiger partial charge < -0.3 is 9.84 Å². The normalized spacial score (nSPS) is 24.3. The summed E-state index contributed by atoms with van der Waals surface area (Å²) >= 11 is 0. The van der Waals surface area contributed by atoms with Crippen LogP contribution in [0.3, 0.4) is 0 Å². The van der Waals surface area contributed by atoms with Gasteiger partial charge >= 0.3 is 5.97 Å². The molecule has 3 atom stereocenters. The summed E-state index contributed by atoms with van der Waals surface area (Å²) in [5.41, 5.74) is 3.53. The van der Waals surface area contributed by atoms with Crippen LogP contribution in [0, 0.1) is 5.92 Å². The summed E-state index contributed by atoms with van der Waals surface area (Å²) in [6.07, 6.45) is 8.69. The van der Waals surface area contributed by atoms with E-state index in [4.69, 9.17) is 9.84 Å². The van der Waals surface area contributed by atoms with Gasteiger partial charge in [-0.05, 0) is 48.8 Å². The zero-order chi connectivity index (χ0) is 25.4. The molecule has 2 fully saturated rings. The lowest BCUT2D eigenvalue weighted by Gasteiger charge is -2.36. The van der Waals surface area contributed by atoms with Gasteiger partial charge in [-0.1, -0.05) is 66.7 Å². The van der Waals surface area contributed by atoms with Crippen molar-refractivity contribution >= 4 is 15.8 Å². The fraction of sp³-hybridized carbons (Fsp3) is 0.483. The molecule has 6 nitrogen and oxygen atoms in total. The first kappa shape index (κ1) is 26.6. The highest BCUT2D eigenvalue weighted by atomic mass is 32.2. The van der Waals surface area contributed by atoms with Gasteiger partial charge in [0.15, 0.2) is 9.84 Å². The minimum atomic E-state index is -2.91. The van der Waals surface area contributed by atoms with Crippen molar-refractivity contribution in [1.29, 1.82) is 0 Å². The van der Waals surface area contributed by atoms with E-state index < -0.39 is 15.8 Å². The van der Waals surface area contributed by atoms with Crippen molar-refractivity contribution in [2.75, 3.05) is 24.6 Å². The Labute approximate surface area is 214 Å². The van der Waals surface area contributed by atoms with Crippen LogP contribution in [0.1, 0.15) is 44.1 Å². The molecule has 2 aromatic carbocycles. The number of nitrogens with zero attached hydrogens (tertiary/aromatic N) is 1. The van der Waals surface area contributed by atoms with E-state index in [1.54, 1.807) is 0 Å². The number of hydrogen-bond acceptors (Lipinski definition) is 5. The van der Waals surface area contributed by atoms with Gasteiger partial charge in [0.2, 0.25) is 0 Å². The molecule has 1 heterocycles. The fourth-order valence-electron chi connectivity index (χ4n) is 5.47. The van der Waals surface area contributed by atoms with E-state index in [1.807, 2.05) is 24.3 Å². The van der Waals surface area contributed by atoms with Crippen molar-refractivity contribution in [3.8, 4) is 11.1 Å². The van der Waals surface area contributed by atoms with E-state index in [1.165, 1.54) is 11.1 Å². The van der Waals surface area contributed by atoms with E-state index in [9.17, 15) is 13.2 Å². The van der Waals surface area contributed by atoms with Gasteiger partial charge in [0, 0.05) is 31.5 Å². The largest absolute Gasteiger partial charge is 0.481 e. The molecule has 2 aliphatic rings. The van der Waals surface area contributed by atoms with E-state index in [0.29, 0.717) is 38.1 Å². The Hall–Kier alpha value is -2.48. The minimum absolute atomic E-state index is 0.134. The van der Waals surface area contributed by atoms with Crippen LogP contribution in [-0.4, -0.2) is 61.1 Å². The average Bonchev–Trinajstić information content (AvgIpc) is 3.28. The van der Waals surface area contributed by atoms with Crippen molar-refractivity contribution in [3.63, 3.8) is 0 Å². The molecule has 0 bridgehead atoms. The number of aliphatic carboxylic acids is 1. The number of rotatable bonds is 11. The number of allylic oxidation sites excluding steroid dienone is 2. The lowest BCUT2D eigenvalue weighted by atomic mass is 9.94. The maximum Gasteiger partial charge on any atom is 0.303 e. The Morgan fingerprint density at radius 1 is 0.944 bits per heavy atom. The summed E-state index contributed by atoms with van der Waals surface area (Å²) in [5, 5.41) is 8.82. The summed E-state index contributed by atoms with van der Waals surface area (Å²) in [4.78, 5) is 13.1. The van der Waals surface area contributed by atoms with Gasteiger partial charge in [0.05, 0.1) is 24.2 Å². The van der Waals surface area contributed by atoms with Crippen molar-refractivity contribution in [1.82, 2.24) is 4.90 Å². The Morgan fingerprint density at radius 2 is 1.61 bits per heavy atom. The monoisotopic (exact) mass is 511 g/mol. The highest BCUT2D eigenvalue weighted by molar-refractivity contribution is 7.91. The highest BCUT2D eigenvalue weighted by Crippen LogP contribution is 2.37. The molecule has 0 unspecified atom stereocenters. The van der Waals surface area contributed by atoms with Gasteiger partial charge in [0.25, 0.3) is 0 Å². The summed E-state index contributed by atoms with van der Waals surface area (Å²) in [5.74, 6) is 0.0363. The Bertz CT molecular complexity index is 1100. The number of hydrogen-bond donors (Lipinski definition) is 1. The van der Waals surface area contributed by atoms with Gasteiger partial charge in [-0.15, -0.1) is 0 Å². The standard InChI is InChI=1S/C29H37NO5S/c31-29(32)11-7-2-1-6-10-26-27(30-18-20-36(33,34)21-19-30)16-17-28(26)35-22-23-12-14-25(15-13-23)24-8-4-3-5-9-24/h1-5,8-9,12-15,26-28H,6-7,10-11,16-22H2,(H,31,32)/b2-1+/t26-,27+,28+/m1/s1. The van der Waals surface area contributed by atoms with Gasteiger partial charge in [-0.2, -0.15) is 0 Å². The lowest BCUT2D eigenvalue weighted by Crippen LogP contribution is -2.48. The molecule has 0 aromatic heterocycles. The van der Waals surface area contributed by atoms with E-state index in [2.05, 4.69) is 47.4 Å². The molecule has 0 amide bonds. The molecule has 194 valence electrons. The van der Waals surface area contributed by atoms with Crippen LogP contribution in [0.5, 0.6) is 0 Å². The maximum absolute atomic E-state index is 11.9. The summed E-state index contributed by atoms with van der Waals surface area (Å²) < 4.78 is 30.4. The van der Waals surface area contributed by atoms with Crippen LogP contribution in [-0.2, 0) is 26.0 Å². The zero-order valence-corrected chi connectivity index (χ0v) is 21.6. The summed E-state index contributed by atoms with van der Waals surface area (Å²) in [7, 11) is -2.91. The van der Waals surface area contributed by atoms with Crippen molar-refractivity contribution < 1.29 is 23.1 Å². The first-order valence-corrected chi connectivity index (χ1v) is 14.8. The van der Waals surface area contributed by atoms with E-state index in [0.717, 1.165) is 31.2 Å². The Morgan fingerprint density at radius 3 is 2.31 bits per heavy atom. The molecule has 36 heavy (non-hydrogen) atoms. The fourth-order valence-corrected chi connectivity index (χ4v) is 6.70. The number of sulfone groups is 1. The minimum Gasteiger partial charge on any atom is -0.481 e. The van der Waals surface area contributed by atoms with Crippen molar-refractivity contribution in [2.24, 2.45) is 5.92 Å². The highest BCUT2D eigenvalue weighted by Gasteiger charge is 2.40. The van der Waals surface area contributed by atoms with Gasteiger partial charge in [0.1, 0.15) is 0 Å². The molecule has 1 saturated heterocycles. The molecule has 1 N–H and O–H groups in total. The smallest absolute Gasteiger partial charge is 0.303 e. The van der Waals surface area contributed by atoms with Gasteiger partial charge in [-0.25, -0.2) is 8.42 Å². The van der Waals surface area contributed by atoms with Crippen LogP contribution in [0.25, 0.3) is 11.1 Å². The molecule has 4 rings (SSSR count). The number of carboxylic acids is 1. The van der Waals surface area contributed by atoms with Crippen molar-refractivity contribution in [2.45, 2.75) is 57.3 Å². The third-order valence-corrected chi connectivity index (χ3v) is 9.06. The molecular weight excluding hydrogens is 474 g/mol. The topological polar surface area (TPSA) is 83.9 Å². The van der Waals surface area contributed by atoms with E-state index in [-0.39, 0.29) is 24.0 Å². The second-order valence-corrected chi connectivity index (χ2v) is 12.2. The number of carbonyl (C=O) groups is 1. The first-order chi connectivity index (χ1) is 17.4. The summed E-state index contributed by atoms with van der Waals surface area (Å²) in [6, 6.07) is 19.2. The third-order valence-electron chi connectivity index (χ3n) is 7.45. The van der Waals surface area contributed by atoms with Crippen LogP contribution >= 0.6 is 0 Å². The molecule has 1 aliphatic carbocycles. The lowest BCUT2D eigenvalue weighted by molar-refractivity contribution is -0.136. The quantitative estimate of drug-likeness (QED) is 0.430. The van der Waals surface area contributed by atoms with Crippen LogP contribution < -0.4 is 0 Å². The number of benzene rings is 2. The molecule has 0 radical (unpaired) electrons. The van der Waals surface area contributed by atoms with Crippen LogP contribution in [0.4, 0.5) is 0 Å². The SMILES string of the molecule is O=C(O)CC/C=C/CC[C@H]1[C@@H](OCc2ccc(-c3ccccc3)cc2)CC[C@@H]1N1CCS(=O)(=O)CC1. The zero-order valence-electron chi connectivity index (χ0n) is 20.8. The Kier molecular flexibility index (Phi) is 9.35. The van der Waals surface area contributed by atoms with E-state index >= 15 is 0 Å². The first-order valence-electron chi connectivity index (χ1n) is 13.0. The second-order valence-electron chi connectivity index (χ2n) is 9.89. The van der Waals surface area contributed by atoms with Crippen molar-refractivity contribution in [3.05, 3.63) is 72.3 Å². The summed E-state index contributed by atoms with van der Waals surface area (Å²) in [6.45, 7) is 1.77. The predicted octanol–water partition coefficient (Wildman–Crippen LogP) is 4.95. The third kappa shape index (κ3) is 7.51.